The molecular formula is C12H19N5S. The number of aromatic nitrogens is 3. The maximum Gasteiger partial charge on any atom is 0.138 e. The van der Waals surface area contributed by atoms with Gasteiger partial charge in [0.1, 0.15) is 12.2 Å². The average molecular weight is 265 g/mol. The number of hydrogen-bond donors (Lipinski definition) is 2. The molecule has 0 saturated carbocycles. The summed E-state index contributed by atoms with van der Waals surface area (Å²) in [5, 5.41) is 6.32. The van der Waals surface area contributed by atoms with Crippen LogP contribution in [0.5, 0.6) is 0 Å². The van der Waals surface area contributed by atoms with E-state index in [2.05, 4.69) is 39.9 Å². The van der Waals surface area contributed by atoms with E-state index < -0.39 is 0 Å². The van der Waals surface area contributed by atoms with Gasteiger partial charge < -0.3 is 0 Å². The Morgan fingerprint density at radius 1 is 1.50 bits per heavy atom. The summed E-state index contributed by atoms with van der Waals surface area (Å²) in [7, 11) is 0. The molecule has 2 aromatic heterocycles. The minimum Gasteiger partial charge on any atom is -0.271 e. The zero-order valence-electron chi connectivity index (χ0n) is 10.5. The molecule has 3 N–H and O–H groups in total. The molecule has 2 aromatic rings. The maximum atomic E-state index is 5.63. The van der Waals surface area contributed by atoms with E-state index in [1.54, 1.807) is 17.7 Å². The molecular weight excluding hydrogens is 246 g/mol. The zero-order chi connectivity index (χ0) is 12.8. The van der Waals surface area contributed by atoms with Gasteiger partial charge in [-0.3, -0.25) is 16.0 Å². The van der Waals surface area contributed by atoms with E-state index >= 15 is 0 Å². The predicted molar refractivity (Wildman–Crippen MR) is 73.2 cm³/mol. The lowest BCUT2D eigenvalue weighted by atomic mass is 10.1. The van der Waals surface area contributed by atoms with E-state index in [9.17, 15) is 0 Å². The summed E-state index contributed by atoms with van der Waals surface area (Å²) in [6.07, 6.45) is 4.40. The van der Waals surface area contributed by atoms with Crippen molar-refractivity contribution in [2.75, 3.05) is 0 Å². The first-order chi connectivity index (χ1) is 8.83. The molecule has 98 valence electrons. The predicted octanol–water partition coefficient (Wildman–Crippen LogP) is 1.37. The first-order valence-electron chi connectivity index (χ1n) is 6.18. The first kappa shape index (κ1) is 13.2. The summed E-state index contributed by atoms with van der Waals surface area (Å²) in [6.45, 7) is 3.04. The van der Waals surface area contributed by atoms with Crippen LogP contribution in [0.1, 0.15) is 24.0 Å². The fourth-order valence-corrected chi connectivity index (χ4v) is 2.71. The van der Waals surface area contributed by atoms with Crippen LogP contribution in [0.4, 0.5) is 0 Å². The highest BCUT2D eigenvalue weighted by atomic mass is 32.1. The molecule has 0 spiro atoms. The smallest absolute Gasteiger partial charge is 0.138 e. The van der Waals surface area contributed by atoms with Crippen LogP contribution in [0.15, 0.2) is 23.8 Å². The molecule has 0 aliphatic carbocycles. The fraction of sp³-hybridized carbons (Fsp3) is 0.500. The molecule has 2 rings (SSSR count). The second kappa shape index (κ2) is 6.63. The van der Waals surface area contributed by atoms with Gasteiger partial charge in [-0.2, -0.15) is 5.10 Å². The number of rotatable bonds is 7. The Balaban J connectivity index is 1.99. The standard InChI is InChI=1S/C12H19N5S/c1-2-5-17-12(14-9-15-17)8-10(16-13)7-11-4-3-6-18-11/h3-4,6,9-10,16H,2,5,7-8,13H2,1H3. The molecule has 2 heterocycles. The van der Waals surface area contributed by atoms with Gasteiger partial charge in [-0.15, -0.1) is 11.3 Å². The fourth-order valence-electron chi connectivity index (χ4n) is 1.93. The molecule has 18 heavy (non-hydrogen) atoms. The molecule has 0 aromatic carbocycles. The van der Waals surface area contributed by atoms with Crippen molar-refractivity contribution in [1.82, 2.24) is 20.2 Å². The topological polar surface area (TPSA) is 68.8 Å². The molecule has 6 heteroatoms. The summed E-state index contributed by atoms with van der Waals surface area (Å²) in [5.41, 5.74) is 2.87. The lowest BCUT2D eigenvalue weighted by Gasteiger charge is -2.14. The highest BCUT2D eigenvalue weighted by molar-refractivity contribution is 7.09. The van der Waals surface area contributed by atoms with Gasteiger partial charge in [-0.05, 0) is 24.3 Å². The van der Waals surface area contributed by atoms with Gasteiger partial charge in [0, 0.05) is 23.9 Å². The number of hydrazine groups is 1. The van der Waals surface area contributed by atoms with Crippen molar-refractivity contribution in [3.8, 4) is 0 Å². The average Bonchev–Trinajstić information content (AvgIpc) is 3.01. The van der Waals surface area contributed by atoms with Crippen LogP contribution in [0, 0.1) is 0 Å². The normalized spacial score (nSPS) is 12.8. The third kappa shape index (κ3) is 3.38. The Morgan fingerprint density at radius 2 is 2.39 bits per heavy atom. The number of nitrogens with zero attached hydrogens (tertiary/aromatic N) is 3. The van der Waals surface area contributed by atoms with E-state index in [1.165, 1.54) is 4.88 Å². The van der Waals surface area contributed by atoms with Crippen LogP contribution >= 0.6 is 11.3 Å². The Kier molecular flexibility index (Phi) is 4.86. The highest BCUT2D eigenvalue weighted by Crippen LogP contribution is 2.13. The van der Waals surface area contributed by atoms with Crippen LogP contribution in [0.3, 0.4) is 0 Å². The minimum atomic E-state index is 0.198. The summed E-state index contributed by atoms with van der Waals surface area (Å²) in [5.74, 6) is 6.62. The van der Waals surface area contributed by atoms with Crippen LogP contribution < -0.4 is 11.3 Å². The van der Waals surface area contributed by atoms with E-state index in [-0.39, 0.29) is 6.04 Å². The van der Waals surface area contributed by atoms with Crippen molar-refractivity contribution in [3.05, 3.63) is 34.5 Å². The monoisotopic (exact) mass is 265 g/mol. The number of nitrogens with two attached hydrogens (primary N) is 1. The molecule has 0 radical (unpaired) electrons. The molecule has 0 saturated heterocycles. The number of thiophene rings is 1. The van der Waals surface area contributed by atoms with Crippen molar-refractivity contribution < 1.29 is 0 Å². The molecule has 0 bridgehead atoms. The number of hydrogen-bond acceptors (Lipinski definition) is 5. The molecule has 0 aliphatic heterocycles. The van der Waals surface area contributed by atoms with E-state index in [0.29, 0.717) is 0 Å². The van der Waals surface area contributed by atoms with Gasteiger partial charge >= 0.3 is 0 Å². The van der Waals surface area contributed by atoms with Gasteiger partial charge in [0.2, 0.25) is 0 Å². The second-order valence-electron chi connectivity index (χ2n) is 4.25. The van der Waals surface area contributed by atoms with Crippen molar-refractivity contribution in [3.63, 3.8) is 0 Å². The summed E-state index contributed by atoms with van der Waals surface area (Å²) >= 11 is 1.76. The highest BCUT2D eigenvalue weighted by Gasteiger charge is 2.13. The van der Waals surface area contributed by atoms with Crippen molar-refractivity contribution >= 4 is 11.3 Å². The van der Waals surface area contributed by atoms with Crippen molar-refractivity contribution in [2.24, 2.45) is 5.84 Å². The van der Waals surface area contributed by atoms with Crippen molar-refractivity contribution in [2.45, 2.75) is 38.8 Å². The van der Waals surface area contributed by atoms with Crippen LogP contribution in [-0.4, -0.2) is 20.8 Å². The van der Waals surface area contributed by atoms with Gasteiger partial charge in [0.25, 0.3) is 0 Å². The third-order valence-electron chi connectivity index (χ3n) is 2.82. The Bertz CT molecular complexity index is 451. The summed E-state index contributed by atoms with van der Waals surface area (Å²) in [4.78, 5) is 5.64. The lowest BCUT2D eigenvalue weighted by molar-refractivity contribution is 0.484. The Labute approximate surface area is 111 Å². The first-order valence-corrected chi connectivity index (χ1v) is 7.06. The van der Waals surface area contributed by atoms with Gasteiger partial charge in [0.05, 0.1) is 0 Å². The van der Waals surface area contributed by atoms with E-state index in [1.807, 2.05) is 4.68 Å². The molecule has 1 atom stereocenters. The lowest BCUT2D eigenvalue weighted by Crippen LogP contribution is -2.39. The second-order valence-corrected chi connectivity index (χ2v) is 5.28. The largest absolute Gasteiger partial charge is 0.271 e. The van der Waals surface area contributed by atoms with Crippen LogP contribution in [0.25, 0.3) is 0 Å². The number of nitrogens with one attached hydrogen (secondary N) is 1. The van der Waals surface area contributed by atoms with Gasteiger partial charge in [0.15, 0.2) is 0 Å². The minimum absolute atomic E-state index is 0.198. The van der Waals surface area contributed by atoms with Gasteiger partial charge in [-0.25, -0.2) is 4.98 Å². The van der Waals surface area contributed by atoms with E-state index in [0.717, 1.165) is 31.6 Å². The van der Waals surface area contributed by atoms with Crippen LogP contribution in [-0.2, 0) is 19.4 Å². The van der Waals surface area contributed by atoms with Gasteiger partial charge in [-0.1, -0.05) is 13.0 Å². The Morgan fingerprint density at radius 3 is 3.06 bits per heavy atom. The molecule has 0 aliphatic rings. The van der Waals surface area contributed by atoms with Crippen molar-refractivity contribution in [1.29, 1.82) is 0 Å². The zero-order valence-corrected chi connectivity index (χ0v) is 11.4. The molecule has 0 amide bonds. The maximum absolute atomic E-state index is 5.63. The Hall–Kier alpha value is -1.24. The third-order valence-corrected chi connectivity index (χ3v) is 3.72. The number of aryl methyl sites for hydroxylation is 1. The quantitative estimate of drug-likeness (QED) is 0.586. The van der Waals surface area contributed by atoms with E-state index in [4.69, 9.17) is 5.84 Å². The SMILES string of the molecule is CCCn1ncnc1CC(Cc1cccs1)NN. The molecule has 0 fully saturated rings. The summed E-state index contributed by atoms with van der Waals surface area (Å²) < 4.78 is 1.96. The molecule has 1 unspecified atom stereocenters. The van der Waals surface area contributed by atoms with Crippen LogP contribution in [0.2, 0.25) is 0 Å². The molecule has 5 nitrogen and oxygen atoms in total. The summed E-state index contributed by atoms with van der Waals surface area (Å²) in [6, 6.07) is 4.39.